The van der Waals surface area contributed by atoms with Crippen molar-refractivity contribution in [3.8, 4) is 0 Å². The summed E-state index contributed by atoms with van der Waals surface area (Å²) in [6, 6.07) is 16.2. The molecule has 2 aromatic carbocycles. The maximum Gasteiger partial charge on any atom is 0.123 e. The van der Waals surface area contributed by atoms with E-state index >= 15 is 0 Å². The second-order valence-corrected chi connectivity index (χ2v) is 6.69. The van der Waals surface area contributed by atoms with Gasteiger partial charge >= 0.3 is 0 Å². The van der Waals surface area contributed by atoms with Crippen LogP contribution in [0.5, 0.6) is 0 Å². The molecular formula is C19H19Cl2N3. The van der Waals surface area contributed by atoms with E-state index in [1.807, 2.05) is 36.7 Å². The summed E-state index contributed by atoms with van der Waals surface area (Å²) in [5, 5.41) is 1.18. The van der Waals surface area contributed by atoms with E-state index in [1.54, 1.807) is 0 Å². The number of aromatic nitrogens is 2. The van der Waals surface area contributed by atoms with Crippen LogP contribution in [0.25, 0.3) is 0 Å². The molecular weight excluding hydrogens is 341 g/mol. The molecule has 0 spiro atoms. The van der Waals surface area contributed by atoms with Gasteiger partial charge in [-0.2, -0.15) is 0 Å². The van der Waals surface area contributed by atoms with Gasteiger partial charge in [-0.05, 0) is 30.3 Å². The summed E-state index contributed by atoms with van der Waals surface area (Å²) < 4.78 is 2.18. The van der Waals surface area contributed by atoms with Gasteiger partial charge in [-0.1, -0.05) is 59.6 Å². The Hall–Kier alpha value is -1.81. The Kier molecular flexibility index (Phi) is 5.56. The Labute approximate surface area is 152 Å². The molecule has 0 fully saturated rings. The van der Waals surface area contributed by atoms with E-state index in [-0.39, 0.29) is 0 Å². The summed E-state index contributed by atoms with van der Waals surface area (Å²) in [6.07, 6.45) is 3.88. The molecule has 124 valence electrons. The smallest absolute Gasteiger partial charge is 0.123 e. The van der Waals surface area contributed by atoms with Crippen molar-refractivity contribution in [2.45, 2.75) is 19.6 Å². The lowest BCUT2D eigenvalue weighted by Crippen LogP contribution is -2.20. The quantitative estimate of drug-likeness (QED) is 0.625. The minimum absolute atomic E-state index is 0.585. The first-order chi connectivity index (χ1) is 11.6. The van der Waals surface area contributed by atoms with Crippen molar-refractivity contribution in [2.75, 3.05) is 7.05 Å². The lowest BCUT2D eigenvalue weighted by Gasteiger charge is -2.18. The highest BCUT2D eigenvalue weighted by molar-refractivity contribution is 6.42. The van der Waals surface area contributed by atoms with Gasteiger partial charge in [0.1, 0.15) is 5.82 Å². The lowest BCUT2D eigenvalue weighted by atomic mass is 10.2. The Balaban J connectivity index is 1.65. The molecule has 0 saturated carbocycles. The van der Waals surface area contributed by atoms with Gasteiger partial charge in [0.25, 0.3) is 0 Å². The maximum atomic E-state index is 6.09. The molecule has 1 heterocycles. The van der Waals surface area contributed by atoms with Crippen LogP contribution >= 0.6 is 23.2 Å². The highest BCUT2D eigenvalue weighted by atomic mass is 35.5. The standard InChI is InChI=1S/C19H19Cl2N3/c1-23(12-16-7-8-17(20)18(21)11-16)14-19-22-9-10-24(19)13-15-5-3-2-4-6-15/h2-11H,12-14H2,1H3. The van der Waals surface area contributed by atoms with Crippen LogP contribution in [-0.2, 0) is 19.6 Å². The molecule has 0 N–H and O–H groups in total. The highest BCUT2D eigenvalue weighted by Gasteiger charge is 2.09. The van der Waals surface area contributed by atoms with Gasteiger partial charge in [0.2, 0.25) is 0 Å². The van der Waals surface area contributed by atoms with Crippen molar-refractivity contribution in [3.63, 3.8) is 0 Å². The van der Waals surface area contributed by atoms with Gasteiger partial charge in [0.15, 0.2) is 0 Å². The summed E-state index contributed by atoms with van der Waals surface area (Å²) in [5.74, 6) is 1.04. The number of nitrogens with zero attached hydrogens (tertiary/aromatic N) is 3. The molecule has 0 bridgehead atoms. The normalized spacial score (nSPS) is 11.2. The van der Waals surface area contributed by atoms with E-state index in [1.165, 1.54) is 5.56 Å². The predicted molar refractivity (Wildman–Crippen MR) is 99.4 cm³/mol. The van der Waals surface area contributed by atoms with Crippen LogP contribution in [0.1, 0.15) is 17.0 Å². The van der Waals surface area contributed by atoms with Crippen molar-refractivity contribution < 1.29 is 0 Å². The summed E-state index contributed by atoms with van der Waals surface area (Å²) in [6.45, 7) is 2.38. The number of halogens is 2. The summed E-state index contributed by atoms with van der Waals surface area (Å²) >= 11 is 12.1. The molecule has 5 heteroatoms. The molecule has 24 heavy (non-hydrogen) atoms. The molecule has 0 aliphatic rings. The molecule has 1 aromatic heterocycles. The average molecular weight is 360 g/mol. The van der Waals surface area contributed by atoms with Crippen molar-refractivity contribution in [2.24, 2.45) is 0 Å². The highest BCUT2D eigenvalue weighted by Crippen LogP contribution is 2.23. The molecule has 3 aromatic rings. The van der Waals surface area contributed by atoms with Crippen LogP contribution in [0.15, 0.2) is 60.9 Å². The van der Waals surface area contributed by atoms with E-state index in [0.29, 0.717) is 10.0 Å². The zero-order chi connectivity index (χ0) is 16.9. The van der Waals surface area contributed by atoms with E-state index in [4.69, 9.17) is 23.2 Å². The monoisotopic (exact) mass is 359 g/mol. The Morgan fingerprint density at radius 3 is 2.50 bits per heavy atom. The van der Waals surface area contributed by atoms with E-state index in [2.05, 4.69) is 45.8 Å². The number of benzene rings is 2. The van der Waals surface area contributed by atoms with Crippen molar-refractivity contribution in [3.05, 3.63) is 87.9 Å². The fourth-order valence-electron chi connectivity index (χ4n) is 2.66. The fraction of sp³-hybridized carbons (Fsp3) is 0.211. The Morgan fingerprint density at radius 1 is 0.958 bits per heavy atom. The van der Waals surface area contributed by atoms with Gasteiger partial charge < -0.3 is 4.57 Å². The first-order valence-corrected chi connectivity index (χ1v) is 8.54. The van der Waals surface area contributed by atoms with Crippen molar-refractivity contribution >= 4 is 23.2 Å². The SMILES string of the molecule is CN(Cc1ccc(Cl)c(Cl)c1)Cc1nccn1Cc1ccccc1. The van der Waals surface area contributed by atoms with Gasteiger partial charge in [-0.3, -0.25) is 4.90 Å². The molecule has 3 nitrogen and oxygen atoms in total. The van der Waals surface area contributed by atoms with Gasteiger partial charge in [0.05, 0.1) is 16.6 Å². The lowest BCUT2D eigenvalue weighted by molar-refractivity contribution is 0.306. The minimum Gasteiger partial charge on any atom is -0.329 e. The molecule has 0 aliphatic carbocycles. The predicted octanol–water partition coefficient (Wildman–Crippen LogP) is 4.87. The van der Waals surface area contributed by atoms with E-state index < -0.39 is 0 Å². The maximum absolute atomic E-state index is 6.09. The number of rotatable bonds is 6. The molecule has 0 saturated heterocycles. The first kappa shape index (κ1) is 17.0. The number of hydrogen-bond donors (Lipinski definition) is 0. The zero-order valence-electron chi connectivity index (χ0n) is 13.5. The molecule has 0 aliphatic heterocycles. The topological polar surface area (TPSA) is 21.1 Å². The molecule has 0 amide bonds. The van der Waals surface area contributed by atoms with Gasteiger partial charge in [-0.25, -0.2) is 4.98 Å². The van der Waals surface area contributed by atoms with Crippen LogP contribution in [0.4, 0.5) is 0 Å². The second kappa shape index (κ2) is 7.84. The summed E-state index contributed by atoms with van der Waals surface area (Å²) in [7, 11) is 2.07. The third-order valence-electron chi connectivity index (χ3n) is 3.85. The van der Waals surface area contributed by atoms with Crippen LogP contribution in [0, 0.1) is 0 Å². The molecule has 0 atom stereocenters. The number of hydrogen-bond acceptors (Lipinski definition) is 2. The molecule has 3 rings (SSSR count). The summed E-state index contributed by atoms with van der Waals surface area (Å²) in [5.41, 5.74) is 2.40. The minimum atomic E-state index is 0.585. The Bertz CT molecular complexity index is 799. The largest absolute Gasteiger partial charge is 0.329 e. The van der Waals surface area contributed by atoms with Gasteiger partial charge in [0, 0.05) is 25.5 Å². The zero-order valence-corrected chi connectivity index (χ0v) is 15.0. The third kappa shape index (κ3) is 4.38. The number of imidazole rings is 1. The van der Waals surface area contributed by atoms with E-state index in [9.17, 15) is 0 Å². The average Bonchev–Trinajstić information content (AvgIpc) is 2.99. The van der Waals surface area contributed by atoms with Crippen molar-refractivity contribution in [1.82, 2.24) is 14.5 Å². The van der Waals surface area contributed by atoms with Crippen LogP contribution in [0.3, 0.4) is 0 Å². The third-order valence-corrected chi connectivity index (χ3v) is 4.58. The van der Waals surface area contributed by atoms with Crippen molar-refractivity contribution in [1.29, 1.82) is 0 Å². The fourth-order valence-corrected chi connectivity index (χ4v) is 2.98. The second-order valence-electron chi connectivity index (χ2n) is 5.88. The van der Waals surface area contributed by atoms with Crippen LogP contribution < -0.4 is 0 Å². The van der Waals surface area contributed by atoms with Crippen LogP contribution in [-0.4, -0.2) is 21.5 Å². The van der Waals surface area contributed by atoms with E-state index in [0.717, 1.165) is 31.0 Å². The van der Waals surface area contributed by atoms with Crippen LogP contribution in [0.2, 0.25) is 10.0 Å². The molecule has 0 unspecified atom stereocenters. The molecule has 0 radical (unpaired) electrons. The summed E-state index contributed by atoms with van der Waals surface area (Å²) in [4.78, 5) is 6.71. The van der Waals surface area contributed by atoms with Gasteiger partial charge in [-0.15, -0.1) is 0 Å². The Morgan fingerprint density at radius 2 is 1.75 bits per heavy atom. The first-order valence-electron chi connectivity index (χ1n) is 7.78.